The zero-order valence-electron chi connectivity index (χ0n) is 10.3. The topological polar surface area (TPSA) is 38.0 Å². The molecule has 0 heterocycles. The van der Waals surface area contributed by atoms with Crippen molar-refractivity contribution in [2.45, 2.75) is 20.4 Å². The van der Waals surface area contributed by atoms with E-state index in [1.54, 1.807) is 0 Å². The predicted molar refractivity (Wildman–Crippen MR) is 74.1 cm³/mol. The normalized spacial score (nSPS) is 10.2. The average molecular weight is 226 g/mol. The number of hydrogen-bond acceptors (Lipinski definition) is 2. The van der Waals surface area contributed by atoms with E-state index in [9.17, 15) is 0 Å². The fourth-order valence-corrected chi connectivity index (χ4v) is 1.84. The molecule has 0 amide bonds. The summed E-state index contributed by atoms with van der Waals surface area (Å²) in [4.78, 5) is 0. The number of anilines is 2. The van der Waals surface area contributed by atoms with Gasteiger partial charge in [-0.3, -0.25) is 0 Å². The molecule has 0 saturated heterocycles. The van der Waals surface area contributed by atoms with E-state index < -0.39 is 0 Å². The third kappa shape index (κ3) is 2.78. The lowest BCUT2D eigenvalue weighted by Gasteiger charge is -2.11. The second-order valence-corrected chi connectivity index (χ2v) is 4.37. The van der Waals surface area contributed by atoms with Gasteiger partial charge in [0.05, 0.1) is 11.4 Å². The van der Waals surface area contributed by atoms with E-state index >= 15 is 0 Å². The Labute approximate surface area is 102 Å². The molecule has 0 fully saturated rings. The van der Waals surface area contributed by atoms with Gasteiger partial charge in [0.15, 0.2) is 0 Å². The quantitative estimate of drug-likeness (QED) is 0.786. The molecule has 0 radical (unpaired) electrons. The Morgan fingerprint density at radius 3 is 2.53 bits per heavy atom. The SMILES string of the molecule is Cc1ccc(NCc2ccccc2C)c(N)c1. The number of benzene rings is 2. The largest absolute Gasteiger partial charge is 0.397 e. The minimum Gasteiger partial charge on any atom is -0.397 e. The van der Waals surface area contributed by atoms with E-state index in [4.69, 9.17) is 5.73 Å². The first kappa shape index (κ1) is 11.5. The van der Waals surface area contributed by atoms with Gasteiger partial charge in [0, 0.05) is 6.54 Å². The highest BCUT2D eigenvalue weighted by Crippen LogP contribution is 2.20. The fourth-order valence-electron chi connectivity index (χ4n) is 1.84. The molecule has 0 saturated carbocycles. The molecular weight excluding hydrogens is 208 g/mol. The van der Waals surface area contributed by atoms with Gasteiger partial charge in [0.25, 0.3) is 0 Å². The third-order valence-corrected chi connectivity index (χ3v) is 2.94. The monoisotopic (exact) mass is 226 g/mol. The van der Waals surface area contributed by atoms with Gasteiger partial charge >= 0.3 is 0 Å². The van der Waals surface area contributed by atoms with Crippen molar-refractivity contribution in [1.29, 1.82) is 0 Å². The Morgan fingerprint density at radius 1 is 1.06 bits per heavy atom. The Balaban J connectivity index is 2.10. The molecule has 0 aliphatic rings. The maximum absolute atomic E-state index is 5.96. The highest BCUT2D eigenvalue weighted by atomic mass is 14.9. The van der Waals surface area contributed by atoms with Crippen LogP contribution in [0, 0.1) is 13.8 Å². The van der Waals surface area contributed by atoms with Crippen LogP contribution in [0.15, 0.2) is 42.5 Å². The molecule has 0 unspecified atom stereocenters. The number of nitrogens with two attached hydrogens (primary N) is 1. The maximum atomic E-state index is 5.96. The molecular formula is C15H18N2. The van der Waals surface area contributed by atoms with Crippen molar-refractivity contribution < 1.29 is 0 Å². The molecule has 3 N–H and O–H groups in total. The van der Waals surface area contributed by atoms with Gasteiger partial charge < -0.3 is 11.1 Å². The van der Waals surface area contributed by atoms with Crippen LogP contribution < -0.4 is 11.1 Å². The molecule has 88 valence electrons. The van der Waals surface area contributed by atoms with E-state index in [-0.39, 0.29) is 0 Å². The standard InChI is InChI=1S/C15H18N2/c1-11-7-8-15(14(16)9-11)17-10-13-6-4-3-5-12(13)2/h3-9,17H,10,16H2,1-2H3. The molecule has 2 rings (SSSR count). The summed E-state index contributed by atoms with van der Waals surface area (Å²) in [6, 6.07) is 14.4. The molecule has 0 atom stereocenters. The molecule has 2 nitrogen and oxygen atoms in total. The lowest BCUT2D eigenvalue weighted by molar-refractivity contribution is 1.12. The minimum atomic E-state index is 0.804. The van der Waals surface area contributed by atoms with Crippen molar-refractivity contribution in [2.75, 3.05) is 11.1 Å². The van der Waals surface area contributed by atoms with Crippen LogP contribution in [-0.4, -0.2) is 0 Å². The van der Waals surface area contributed by atoms with Gasteiger partial charge in [-0.1, -0.05) is 30.3 Å². The molecule has 0 aliphatic heterocycles. The number of hydrogen-bond donors (Lipinski definition) is 2. The predicted octanol–water partition coefficient (Wildman–Crippen LogP) is 3.50. The minimum absolute atomic E-state index is 0.804. The van der Waals surface area contributed by atoms with Gasteiger partial charge in [-0.2, -0.15) is 0 Å². The average Bonchev–Trinajstić information content (AvgIpc) is 2.30. The van der Waals surface area contributed by atoms with Gasteiger partial charge in [-0.15, -0.1) is 0 Å². The highest BCUT2D eigenvalue weighted by Gasteiger charge is 2.00. The summed E-state index contributed by atoms with van der Waals surface area (Å²) in [5.74, 6) is 0. The number of aryl methyl sites for hydroxylation is 2. The van der Waals surface area contributed by atoms with E-state index in [1.165, 1.54) is 16.7 Å². The van der Waals surface area contributed by atoms with Gasteiger partial charge in [0.2, 0.25) is 0 Å². The van der Waals surface area contributed by atoms with Crippen molar-refractivity contribution >= 4 is 11.4 Å². The second kappa shape index (κ2) is 4.91. The third-order valence-electron chi connectivity index (χ3n) is 2.94. The van der Waals surface area contributed by atoms with Crippen molar-refractivity contribution in [3.63, 3.8) is 0 Å². The zero-order valence-corrected chi connectivity index (χ0v) is 10.3. The van der Waals surface area contributed by atoms with Crippen LogP contribution >= 0.6 is 0 Å². The molecule has 2 aromatic rings. The summed E-state index contributed by atoms with van der Waals surface area (Å²) in [7, 11) is 0. The van der Waals surface area contributed by atoms with Crippen LogP contribution in [0.3, 0.4) is 0 Å². The summed E-state index contributed by atoms with van der Waals surface area (Å²) < 4.78 is 0. The van der Waals surface area contributed by atoms with E-state index in [1.807, 2.05) is 19.1 Å². The number of nitrogen functional groups attached to an aromatic ring is 1. The van der Waals surface area contributed by atoms with Crippen molar-refractivity contribution in [3.05, 3.63) is 59.2 Å². The van der Waals surface area contributed by atoms with Crippen molar-refractivity contribution in [1.82, 2.24) is 0 Å². The molecule has 0 spiro atoms. The Bertz CT molecular complexity index is 518. The van der Waals surface area contributed by atoms with Crippen molar-refractivity contribution in [2.24, 2.45) is 0 Å². The van der Waals surface area contributed by atoms with Crippen molar-refractivity contribution in [3.8, 4) is 0 Å². The van der Waals surface area contributed by atoms with Crippen LogP contribution in [0.5, 0.6) is 0 Å². The van der Waals surface area contributed by atoms with E-state index in [2.05, 4.69) is 42.6 Å². The van der Waals surface area contributed by atoms with Crippen LogP contribution in [-0.2, 0) is 6.54 Å². The first-order valence-corrected chi connectivity index (χ1v) is 5.81. The zero-order chi connectivity index (χ0) is 12.3. The van der Waals surface area contributed by atoms with E-state index in [0.29, 0.717) is 0 Å². The number of nitrogens with one attached hydrogen (secondary N) is 1. The van der Waals surface area contributed by atoms with Crippen LogP contribution in [0.4, 0.5) is 11.4 Å². The second-order valence-electron chi connectivity index (χ2n) is 4.37. The van der Waals surface area contributed by atoms with Crippen LogP contribution in [0.2, 0.25) is 0 Å². The maximum Gasteiger partial charge on any atom is 0.0576 e. The fraction of sp³-hybridized carbons (Fsp3) is 0.200. The van der Waals surface area contributed by atoms with Gasteiger partial charge in [-0.25, -0.2) is 0 Å². The lowest BCUT2D eigenvalue weighted by Crippen LogP contribution is -2.03. The number of rotatable bonds is 3. The Kier molecular flexibility index (Phi) is 3.33. The first-order valence-electron chi connectivity index (χ1n) is 5.81. The van der Waals surface area contributed by atoms with Gasteiger partial charge in [0.1, 0.15) is 0 Å². The molecule has 17 heavy (non-hydrogen) atoms. The summed E-state index contributed by atoms with van der Waals surface area (Å²) >= 11 is 0. The van der Waals surface area contributed by atoms with E-state index in [0.717, 1.165) is 17.9 Å². The Morgan fingerprint density at radius 2 is 1.82 bits per heavy atom. The van der Waals surface area contributed by atoms with Gasteiger partial charge in [-0.05, 0) is 42.7 Å². The molecule has 0 bridgehead atoms. The van der Waals surface area contributed by atoms with Crippen LogP contribution in [0.1, 0.15) is 16.7 Å². The molecule has 2 aromatic carbocycles. The first-order chi connectivity index (χ1) is 8.16. The summed E-state index contributed by atoms with van der Waals surface area (Å²) in [6.07, 6.45) is 0. The summed E-state index contributed by atoms with van der Waals surface area (Å²) in [6.45, 7) is 4.97. The molecule has 2 heteroatoms. The Hall–Kier alpha value is -1.96. The lowest BCUT2D eigenvalue weighted by atomic mass is 10.1. The van der Waals surface area contributed by atoms with Crippen LogP contribution in [0.25, 0.3) is 0 Å². The highest BCUT2D eigenvalue weighted by molar-refractivity contribution is 5.67. The molecule has 0 aliphatic carbocycles. The summed E-state index contributed by atoms with van der Waals surface area (Å²) in [5, 5.41) is 3.37. The molecule has 0 aromatic heterocycles. The summed E-state index contributed by atoms with van der Waals surface area (Å²) in [5.41, 5.74) is 11.5. The smallest absolute Gasteiger partial charge is 0.0576 e.